The van der Waals surface area contributed by atoms with Gasteiger partial charge in [-0.15, -0.1) is 0 Å². The first-order chi connectivity index (χ1) is 26.0. The van der Waals surface area contributed by atoms with Gasteiger partial charge in [0.25, 0.3) is 21.6 Å². The highest BCUT2D eigenvalue weighted by Gasteiger charge is 2.36. The Labute approximate surface area is 329 Å². The van der Waals surface area contributed by atoms with Crippen molar-refractivity contribution in [3.05, 3.63) is 156 Å². The van der Waals surface area contributed by atoms with Crippen molar-refractivity contribution >= 4 is 59.2 Å². The Morgan fingerprint density at radius 3 is 2.33 bits per heavy atom. The first-order valence-electron chi connectivity index (χ1n) is 16.7. The van der Waals surface area contributed by atoms with Crippen LogP contribution in [0.15, 0.2) is 123 Å². The van der Waals surface area contributed by atoms with Crippen LogP contribution in [-0.4, -0.2) is 43.3 Å². The van der Waals surface area contributed by atoms with Gasteiger partial charge < -0.3 is 14.8 Å². The number of rotatable bonds is 14. The number of carbonyl (C=O) groups excluding carboxylic acids is 1. The molecule has 0 unspecified atom stereocenters. The molecule has 2 N–H and O–H groups in total. The Balaban J connectivity index is 1.21. The molecule has 1 aliphatic heterocycles. The van der Waals surface area contributed by atoms with Crippen molar-refractivity contribution in [2.24, 2.45) is 0 Å². The molecule has 0 saturated carbocycles. The summed E-state index contributed by atoms with van der Waals surface area (Å²) in [5.41, 5.74) is 3.67. The van der Waals surface area contributed by atoms with E-state index in [4.69, 9.17) is 14.7 Å². The average molecular weight is 876 g/mol. The molecule has 54 heavy (non-hydrogen) atoms. The van der Waals surface area contributed by atoms with Gasteiger partial charge in [-0.25, -0.2) is 13.1 Å². The minimum absolute atomic E-state index is 0.108. The zero-order valence-electron chi connectivity index (χ0n) is 28.6. The van der Waals surface area contributed by atoms with Crippen LogP contribution in [0.3, 0.4) is 0 Å². The first-order valence-corrected chi connectivity index (χ1v) is 19.8. The average Bonchev–Trinajstić information content (AvgIpc) is 3.17. The number of fused-ring (bicyclic) bond motifs is 1. The maximum atomic E-state index is 14.0. The summed E-state index contributed by atoms with van der Waals surface area (Å²) in [6.07, 6.45) is 0.171. The van der Waals surface area contributed by atoms with Crippen molar-refractivity contribution in [2.75, 3.05) is 18.5 Å². The number of hydrogen-bond donors (Lipinski definition) is 2. The number of benzene rings is 5. The lowest BCUT2D eigenvalue weighted by atomic mass is 9.92. The van der Waals surface area contributed by atoms with Gasteiger partial charge >= 0.3 is 0 Å². The second-order valence-electron chi connectivity index (χ2n) is 12.3. The summed E-state index contributed by atoms with van der Waals surface area (Å²) in [4.78, 5) is 26.7. The summed E-state index contributed by atoms with van der Waals surface area (Å²) in [6, 6.07) is 32.2. The molecule has 276 valence electrons. The normalized spacial score (nSPS) is 14.0. The highest BCUT2D eigenvalue weighted by Crippen LogP contribution is 2.42. The minimum atomic E-state index is -4.52. The highest BCUT2D eigenvalue weighted by molar-refractivity contribution is 9.11. The van der Waals surface area contributed by atoms with Crippen LogP contribution in [0.2, 0.25) is 0 Å². The Hall–Kier alpha value is -5.27. The lowest BCUT2D eigenvalue weighted by molar-refractivity contribution is -0.384. The van der Waals surface area contributed by atoms with Gasteiger partial charge in [0, 0.05) is 25.7 Å². The Morgan fingerprint density at radius 2 is 1.65 bits per heavy atom. The van der Waals surface area contributed by atoms with Crippen molar-refractivity contribution in [3.63, 3.8) is 0 Å². The van der Waals surface area contributed by atoms with Gasteiger partial charge in [0.2, 0.25) is 0 Å². The van der Waals surface area contributed by atoms with Crippen LogP contribution in [0.5, 0.6) is 11.5 Å². The standard InChI is InChI=1S/C39H33Br2N5O7S/c40-33-19-29-20-36(39(47)44-54(50,51)31-15-16-34(35(21-31)46(48)49)43-17-18-52-30-9-5-2-6-10-30)45(23-27-7-3-1-4-8-27)24-32(29)37(41)38(33)53-25-28-13-11-26(22-42)12-14-28/h1-16,19,21,36,43H,17-18,20,23-25H2,(H,44,47)/t36-/m0/s1. The molecule has 0 saturated heterocycles. The Kier molecular flexibility index (Phi) is 12.3. The topological polar surface area (TPSA) is 164 Å². The summed E-state index contributed by atoms with van der Waals surface area (Å²) in [5, 5.41) is 24.0. The van der Waals surface area contributed by atoms with E-state index in [2.05, 4.69) is 48.0 Å². The number of carbonyl (C=O) groups is 1. The van der Waals surface area contributed by atoms with Crippen molar-refractivity contribution in [3.8, 4) is 17.6 Å². The molecule has 0 fully saturated rings. The molecule has 0 radical (unpaired) electrons. The zero-order valence-corrected chi connectivity index (χ0v) is 32.6. The van der Waals surface area contributed by atoms with Gasteiger partial charge in [0.05, 0.1) is 36.4 Å². The van der Waals surface area contributed by atoms with Crippen molar-refractivity contribution in [1.29, 1.82) is 5.26 Å². The predicted octanol–water partition coefficient (Wildman–Crippen LogP) is 7.49. The minimum Gasteiger partial charge on any atom is -0.492 e. The molecule has 0 aliphatic carbocycles. The van der Waals surface area contributed by atoms with E-state index in [9.17, 15) is 23.3 Å². The summed E-state index contributed by atoms with van der Waals surface area (Å²) < 4.78 is 42.6. The van der Waals surface area contributed by atoms with Crippen LogP contribution < -0.4 is 19.5 Å². The number of hydrogen-bond acceptors (Lipinski definition) is 10. The van der Waals surface area contributed by atoms with Gasteiger partial charge in [-0.2, -0.15) is 5.26 Å². The van der Waals surface area contributed by atoms with E-state index in [1.165, 1.54) is 12.1 Å². The summed E-state index contributed by atoms with van der Waals surface area (Å²) in [7, 11) is -4.52. The SMILES string of the molecule is N#Cc1ccc(COc2c(Br)cc3c(c2Br)CN(Cc2ccccc2)[C@H](C(=O)NS(=O)(=O)c2ccc(NCCOc4ccccc4)c([N+](=O)[O-])c2)C3)cc1. The molecule has 0 aromatic heterocycles. The van der Waals surface area contributed by atoms with E-state index in [1.54, 1.807) is 24.3 Å². The molecule has 12 nitrogen and oxygen atoms in total. The predicted molar refractivity (Wildman–Crippen MR) is 209 cm³/mol. The fraction of sp³-hybridized carbons (Fsp3) is 0.179. The largest absolute Gasteiger partial charge is 0.492 e. The number of nitriles is 1. The number of nitrogens with zero attached hydrogens (tertiary/aromatic N) is 3. The van der Waals surface area contributed by atoms with Crippen LogP contribution in [0.1, 0.15) is 27.8 Å². The van der Waals surface area contributed by atoms with Gasteiger partial charge in [0.1, 0.15) is 30.4 Å². The van der Waals surface area contributed by atoms with E-state index in [-0.39, 0.29) is 38.4 Å². The van der Waals surface area contributed by atoms with E-state index in [0.717, 1.165) is 28.3 Å². The quantitative estimate of drug-likeness (QED) is 0.0649. The number of halogens is 2. The van der Waals surface area contributed by atoms with Crippen molar-refractivity contribution in [2.45, 2.75) is 37.1 Å². The van der Waals surface area contributed by atoms with E-state index in [1.807, 2.05) is 71.6 Å². The summed E-state index contributed by atoms with van der Waals surface area (Å²) in [6.45, 7) is 1.29. The van der Waals surface area contributed by atoms with Gasteiger partial charge in [0.15, 0.2) is 0 Å². The molecule has 1 aliphatic rings. The maximum Gasteiger partial charge on any atom is 0.293 e. The second kappa shape index (κ2) is 17.3. The number of sulfonamides is 1. The van der Waals surface area contributed by atoms with E-state index < -0.39 is 37.5 Å². The zero-order chi connectivity index (χ0) is 38.2. The first kappa shape index (κ1) is 38.5. The number of ether oxygens (including phenoxy) is 2. The molecular formula is C39H33Br2N5O7S. The fourth-order valence-electron chi connectivity index (χ4n) is 6.01. The molecule has 5 aromatic carbocycles. The van der Waals surface area contributed by atoms with Crippen LogP contribution in [-0.2, 0) is 40.9 Å². The van der Waals surface area contributed by atoms with Crippen LogP contribution >= 0.6 is 31.9 Å². The summed E-state index contributed by atoms with van der Waals surface area (Å²) in [5.74, 6) is 0.435. The number of para-hydroxylation sites is 1. The third-order valence-corrected chi connectivity index (χ3v) is 11.5. The number of nitro groups is 1. The number of anilines is 1. The van der Waals surface area contributed by atoms with Gasteiger partial charge in [-0.1, -0.05) is 60.7 Å². The van der Waals surface area contributed by atoms with Crippen LogP contribution in [0.4, 0.5) is 11.4 Å². The number of amides is 1. The van der Waals surface area contributed by atoms with Crippen molar-refractivity contribution in [1.82, 2.24) is 9.62 Å². The van der Waals surface area contributed by atoms with Crippen molar-refractivity contribution < 1.29 is 27.6 Å². The maximum absolute atomic E-state index is 14.0. The van der Waals surface area contributed by atoms with Crippen LogP contribution in [0, 0.1) is 21.4 Å². The third-order valence-electron chi connectivity index (χ3n) is 8.72. The molecule has 15 heteroatoms. The molecule has 1 amide bonds. The highest BCUT2D eigenvalue weighted by atomic mass is 79.9. The lowest BCUT2D eigenvalue weighted by Crippen LogP contribution is -2.51. The summed E-state index contributed by atoms with van der Waals surface area (Å²) >= 11 is 7.34. The molecular weight excluding hydrogens is 842 g/mol. The number of nitrogens with one attached hydrogen (secondary N) is 2. The smallest absolute Gasteiger partial charge is 0.293 e. The molecule has 0 bridgehead atoms. The molecule has 1 heterocycles. The Bertz CT molecular complexity index is 2310. The second-order valence-corrected chi connectivity index (χ2v) is 15.7. The molecule has 5 aromatic rings. The number of nitro benzene ring substituents is 1. The monoisotopic (exact) mass is 873 g/mol. The van der Waals surface area contributed by atoms with Gasteiger partial charge in [-0.05, 0) is 103 Å². The molecule has 1 atom stereocenters. The molecule has 0 spiro atoms. The fourth-order valence-corrected chi connectivity index (χ4v) is 8.60. The lowest BCUT2D eigenvalue weighted by Gasteiger charge is -2.37. The third kappa shape index (κ3) is 9.26. The van der Waals surface area contributed by atoms with Crippen LogP contribution in [0.25, 0.3) is 0 Å². The van der Waals surface area contributed by atoms with E-state index >= 15 is 0 Å². The Morgan fingerprint density at radius 1 is 0.944 bits per heavy atom. The van der Waals surface area contributed by atoms with Gasteiger partial charge in [-0.3, -0.25) is 19.8 Å². The van der Waals surface area contributed by atoms with E-state index in [0.29, 0.717) is 32.6 Å². The molecule has 6 rings (SSSR count).